The molecule has 16 heavy (non-hydrogen) atoms. The fraction of sp³-hybridized carbons (Fsp3) is 0.222. The van der Waals surface area contributed by atoms with Gasteiger partial charge in [0, 0.05) is 22.1 Å². The molecule has 0 radical (unpaired) electrons. The molecular formula is C9H8Br2N2O3. The Morgan fingerprint density at radius 3 is 2.56 bits per heavy atom. The van der Waals surface area contributed by atoms with Gasteiger partial charge in [-0.3, -0.25) is 9.78 Å². The molecule has 1 amide bonds. The van der Waals surface area contributed by atoms with E-state index < -0.39 is 17.9 Å². The highest BCUT2D eigenvalue weighted by molar-refractivity contribution is 9.11. The average Bonchev–Trinajstić information content (AvgIpc) is 2.14. The number of hydrogen-bond acceptors (Lipinski definition) is 3. The molecule has 1 atom stereocenters. The summed E-state index contributed by atoms with van der Waals surface area (Å²) in [5, 5.41) is 11.3. The number of rotatable bonds is 3. The van der Waals surface area contributed by atoms with Gasteiger partial charge in [0.15, 0.2) is 6.04 Å². The molecule has 0 spiro atoms. The molecule has 0 saturated carbocycles. The Labute approximate surface area is 109 Å². The Hall–Kier alpha value is -0.950. The van der Waals surface area contributed by atoms with Crippen LogP contribution in [-0.2, 0) is 9.59 Å². The molecule has 0 saturated heterocycles. The van der Waals surface area contributed by atoms with Crippen molar-refractivity contribution in [2.24, 2.45) is 0 Å². The first-order chi connectivity index (χ1) is 7.41. The third kappa shape index (κ3) is 3.28. The predicted octanol–water partition coefficient (Wildman–Crippen LogP) is 1.87. The van der Waals surface area contributed by atoms with Crippen LogP contribution < -0.4 is 5.32 Å². The number of carbonyl (C=O) groups excluding carboxylic acids is 1. The maximum absolute atomic E-state index is 11.0. The van der Waals surface area contributed by atoms with Gasteiger partial charge in [-0.1, -0.05) is 0 Å². The summed E-state index contributed by atoms with van der Waals surface area (Å²) in [6.07, 6.45) is 1.47. The summed E-state index contributed by atoms with van der Waals surface area (Å²) in [7, 11) is 0. The zero-order valence-electron chi connectivity index (χ0n) is 8.20. The van der Waals surface area contributed by atoms with Crippen molar-refractivity contribution in [2.45, 2.75) is 13.0 Å². The number of amides is 1. The maximum atomic E-state index is 11.0. The molecule has 0 aliphatic rings. The second kappa shape index (κ2) is 5.40. The van der Waals surface area contributed by atoms with Crippen LogP contribution in [0.1, 0.15) is 18.7 Å². The molecule has 1 heterocycles. The van der Waals surface area contributed by atoms with E-state index in [1.807, 2.05) is 0 Å². The molecule has 86 valence electrons. The lowest BCUT2D eigenvalue weighted by Crippen LogP contribution is -2.32. The lowest BCUT2D eigenvalue weighted by Gasteiger charge is -2.14. The van der Waals surface area contributed by atoms with Crippen molar-refractivity contribution in [1.82, 2.24) is 10.3 Å². The van der Waals surface area contributed by atoms with Crippen LogP contribution in [-0.4, -0.2) is 22.0 Å². The Balaban J connectivity index is 3.10. The zero-order chi connectivity index (χ0) is 12.3. The lowest BCUT2D eigenvalue weighted by atomic mass is 10.2. The first-order valence-electron chi connectivity index (χ1n) is 4.22. The van der Waals surface area contributed by atoms with Gasteiger partial charge in [0.25, 0.3) is 0 Å². The van der Waals surface area contributed by atoms with Crippen molar-refractivity contribution in [3.63, 3.8) is 0 Å². The standard InChI is InChI=1S/C9H8Br2N2O3/c1-4(14)13-8(9(15)16)7-6(11)2-5(10)3-12-7/h2-3,8H,1H3,(H,13,14)(H,15,16). The van der Waals surface area contributed by atoms with E-state index in [2.05, 4.69) is 42.2 Å². The van der Waals surface area contributed by atoms with Gasteiger partial charge in [-0.2, -0.15) is 0 Å². The van der Waals surface area contributed by atoms with Gasteiger partial charge in [0.1, 0.15) is 0 Å². The van der Waals surface area contributed by atoms with Crippen LogP contribution in [0.4, 0.5) is 0 Å². The first kappa shape index (κ1) is 13.1. The first-order valence-corrected chi connectivity index (χ1v) is 5.81. The minimum absolute atomic E-state index is 0.255. The van der Waals surface area contributed by atoms with Crippen LogP contribution in [0.3, 0.4) is 0 Å². The van der Waals surface area contributed by atoms with E-state index in [1.165, 1.54) is 13.1 Å². The minimum atomic E-state index is -1.16. The van der Waals surface area contributed by atoms with Gasteiger partial charge in [0.2, 0.25) is 5.91 Å². The Morgan fingerprint density at radius 2 is 2.12 bits per heavy atom. The van der Waals surface area contributed by atoms with E-state index in [0.29, 0.717) is 4.47 Å². The van der Waals surface area contributed by atoms with E-state index in [-0.39, 0.29) is 5.69 Å². The third-order valence-corrected chi connectivity index (χ3v) is 2.77. The lowest BCUT2D eigenvalue weighted by molar-refractivity contribution is -0.141. The monoisotopic (exact) mass is 350 g/mol. The SMILES string of the molecule is CC(=O)NC(C(=O)O)c1ncc(Br)cc1Br. The summed E-state index contributed by atoms with van der Waals surface area (Å²) in [6, 6.07) is 0.514. The number of carboxylic acid groups (broad SMARTS) is 1. The number of hydrogen-bond donors (Lipinski definition) is 2. The number of carbonyl (C=O) groups is 2. The van der Waals surface area contributed by atoms with E-state index in [0.717, 1.165) is 4.47 Å². The molecular weight excluding hydrogens is 344 g/mol. The van der Waals surface area contributed by atoms with Gasteiger partial charge in [-0.15, -0.1) is 0 Å². The van der Waals surface area contributed by atoms with Crippen LogP contribution in [0.15, 0.2) is 21.2 Å². The van der Waals surface area contributed by atoms with Crippen LogP contribution in [0, 0.1) is 0 Å². The van der Waals surface area contributed by atoms with E-state index >= 15 is 0 Å². The normalized spacial score (nSPS) is 11.9. The summed E-state index contributed by atoms with van der Waals surface area (Å²) >= 11 is 6.40. The summed E-state index contributed by atoms with van der Waals surface area (Å²) in [5.41, 5.74) is 0.255. The van der Waals surface area contributed by atoms with Crippen molar-refractivity contribution in [3.05, 3.63) is 26.9 Å². The number of aliphatic carboxylic acids is 1. The Kier molecular flexibility index (Phi) is 4.43. The number of carboxylic acids is 1. The molecule has 0 aliphatic carbocycles. The van der Waals surface area contributed by atoms with Crippen molar-refractivity contribution in [2.75, 3.05) is 0 Å². The van der Waals surface area contributed by atoms with Gasteiger partial charge in [0.05, 0.1) is 5.69 Å². The fourth-order valence-electron chi connectivity index (χ4n) is 1.09. The summed E-state index contributed by atoms with van der Waals surface area (Å²) < 4.78 is 1.23. The van der Waals surface area contributed by atoms with Crippen molar-refractivity contribution < 1.29 is 14.7 Å². The average molecular weight is 352 g/mol. The van der Waals surface area contributed by atoms with Gasteiger partial charge in [-0.05, 0) is 37.9 Å². The molecule has 0 bridgehead atoms. The highest BCUT2D eigenvalue weighted by atomic mass is 79.9. The van der Waals surface area contributed by atoms with Crippen LogP contribution in [0.5, 0.6) is 0 Å². The molecule has 5 nitrogen and oxygen atoms in total. The number of nitrogens with zero attached hydrogens (tertiary/aromatic N) is 1. The van der Waals surface area contributed by atoms with Gasteiger partial charge in [-0.25, -0.2) is 4.79 Å². The third-order valence-electron chi connectivity index (χ3n) is 1.70. The summed E-state index contributed by atoms with van der Waals surface area (Å²) in [4.78, 5) is 25.8. The Morgan fingerprint density at radius 1 is 1.50 bits per heavy atom. The molecule has 1 aromatic rings. The summed E-state index contributed by atoms with van der Waals surface area (Å²) in [5.74, 6) is -1.59. The molecule has 0 fully saturated rings. The molecule has 7 heteroatoms. The van der Waals surface area contributed by atoms with Crippen LogP contribution >= 0.6 is 31.9 Å². The minimum Gasteiger partial charge on any atom is -0.479 e. The Bertz CT molecular complexity index is 437. The highest BCUT2D eigenvalue weighted by Crippen LogP contribution is 2.24. The number of pyridine rings is 1. The molecule has 1 aromatic heterocycles. The number of aromatic nitrogens is 1. The largest absolute Gasteiger partial charge is 0.479 e. The molecule has 1 unspecified atom stereocenters. The zero-order valence-corrected chi connectivity index (χ0v) is 11.4. The highest BCUT2D eigenvalue weighted by Gasteiger charge is 2.24. The van der Waals surface area contributed by atoms with Crippen molar-refractivity contribution in [3.8, 4) is 0 Å². The predicted molar refractivity (Wildman–Crippen MR) is 63.8 cm³/mol. The van der Waals surface area contributed by atoms with Gasteiger partial charge < -0.3 is 10.4 Å². The summed E-state index contributed by atoms with van der Waals surface area (Å²) in [6.45, 7) is 1.25. The van der Waals surface area contributed by atoms with E-state index in [1.54, 1.807) is 6.07 Å². The van der Waals surface area contributed by atoms with E-state index in [9.17, 15) is 9.59 Å². The topological polar surface area (TPSA) is 79.3 Å². The van der Waals surface area contributed by atoms with Gasteiger partial charge >= 0.3 is 5.97 Å². The fourth-order valence-corrected chi connectivity index (χ4v) is 2.30. The quantitative estimate of drug-likeness (QED) is 0.871. The molecule has 2 N–H and O–H groups in total. The molecule has 1 rings (SSSR count). The second-order valence-corrected chi connectivity index (χ2v) is 4.76. The number of nitrogens with one attached hydrogen (secondary N) is 1. The van der Waals surface area contributed by atoms with Crippen molar-refractivity contribution >= 4 is 43.7 Å². The smallest absolute Gasteiger partial charge is 0.332 e. The maximum Gasteiger partial charge on any atom is 0.332 e. The molecule has 0 aliphatic heterocycles. The number of halogens is 2. The van der Waals surface area contributed by atoms with Crippen LogP contribution in [0.2, 0.25) is 0 Å². The van der Waals surface area contributed by atoms with Crippen LogP contribution in [0.25, 0.3) is 0 Å². The van der Waals surface area contributed by atoms with Crippen molar-refractivity contribution in [1.29, 1.82) is 0 Å². The molecule has 0 aromatic carbocycles. The second-order valence-electron chi connectivity index (χ2n) is 2.99. The van der Waals surface area contributed by atoms with E-state index in [4.69, 9.17) is 5.11 Å².